The summed E-state index contributed by atoms with van der Waals surface area (Å²) in [4.78, 5) is 24.0. The van der Waals surface area contributed by atoms with Gasteiger partial charge in [0, 0.05) is 14.5 Å². The molecule has 148 valence electrons. The quantitative estimate of drug-likeness (QED) is 0.445. The van der Waals surface area contributed by atoms with E-state index in [0.29, 0.717) is 20.3 Å². The molecule has 1 atom stereocenters. The Hall–Kier alpha value is -1.97. The summed E-state index contributed by atoms with van der Waals surface area (Å²) in [5.41, 5.74) is 0.620. The van der Waals surface area contributed by atoms with Crippen LogP contribution in [0.25, 0.3) is 0 Å². The number of amides is 1. The fourth-order valence-electron chi connectivity index (χ4n) is 2.22. The molecule has 28 heavy (non-hydrogen) atoms. The first-order valence-electron chi connectivity index (χ1n) is 8.32. The van der Waals surface area contributed by atoms with Gasteiger partial charge < -0.3 is 15.2 Å². The maximum absolute atomic E-state index is 12.5. The van der Waals surface area contributed by atoms with Crippen molar-refractivity contribution in [1.82, 2.24) is 5.32 Å². The van der Waals surface area contributed by atoms with Gasteiger partial charge in [-0.1, -0.05) is 28.9 Å². The monoisotopic (exact) mass is 528 g/mol. The zero-order valence-electron chi connectivity index (χ0n) is 15.1. The van der Waals surface area contributed by atoms with E-state index >= 15 is 0 Å². The van der Waals surface area contributed by atoms with E-state index in [-0.39, 0.29) is 22.5 Å². The third-order valence-electron chi connectivity index (χ3n) is 3.76. The summed E-state index contributed by atoms with van der Waals surface area (Å²) in [6.45, 7) is 3.96. The molecule has 0 aliphatic rings. The maximum atomic E-state index is 12.5. The van der Waals surface area contributed by atoms with Gasteiger partial charge in [0.1, 0.15) is 5.75 Å². The van der Waals surface area contributed by atoms with Gasteiger partial charge in [-0.2, -0.15) is 0 Å². The summed E-state index contributed by atoms with van der Waals surface area (Å²) in [6.07, 6.45) is 0.878. The van der Waals surface area contributed by atoms with Crippen LogP contribution in [0.2, 0.25) is 0 Å². The number of benzene rings is 2. The van der Waals surface area contributed by atoms with Crippen LogP contribution in [0.3, 0.4) is 0 Å². The minimum Gasteiger partial charge on any atom is -0.491 e. The van der Waals surface area contributed by atoms with Gasteiger partial charge in [-0.25, -0.2) is 4.79 Å². The summed E-state index contributed by atoms with van der Waals surface area (Å²) in [6, 6.07) is 9.88. The van der Waals surface area contributed by atoms with Gasteiger partial charge in [0.25, 0.3) is 5.91 Å². The standard InChI is InChI=1S/C19H18Br2N2O4S/c1-3-10(2)27-13-6-4-5-11(7-13)17(24)23-19(28)22-16-14(18(25)26)8-12(20)9-15(16)21/h4-10H,3H2,1-2H3,(H,25,26)(H2,22,23,24,28)/t10-/m1/s1. The third kappa shape index (κ3) is 6.02. The predicted octanol–water partition coefficient (Wildman–Crippen LogP) is 5.21. The Morgan fingerprint density at radius 1 is 1.25 bits per heavy atom. The zero-order valence-corrected chi connectivity index (χ0v) is 19.1. The third-order valence-corrected chi connectivity index (χ3v) is 5.05. The number of hydrogen-bond donors (Lipinski definition) is 3. The number of hydrogen-bond acceptors (Lipinski definition) is 4. The second kappa shape index (κ2) is 9.99. The van der Waals surface area contributed by atoms with Crippen molar-refractivity contribution >= 4 is 66.8 Å². The van der Waals surface area contributed by atoms with Crippen molar-refractivity contribution < 1.29 is 19.4 Å². The number of carboxylic acid groups (broad SMARTS) is 1. The molecule has 9 heteroatoms. The van der Waals surface area contributed by atoms with E-state index in [1.165, 1.54) is 6.07 Å². The highest BCUT2D eigenvalue weighted by atomic mass is 79.9. The van der Waals surface area contributed by atoms with E-state index < -0.39 is 11.9 Å². The highest BCUT2D eigenvalue weighted by molar-refractivity contribution is 9.11. The molecule has 3 N–H and O–H groups in total. The number of nitrogens with one attached hydrogen (secondary N) is 2. The van der Waals surface area contributed by atoms with Crippen molar-refractivity contribution in [3.05, 3.63) is 56.5 Å². The fourth-order valence-corrected chi connectivity index (χ4v) is 3.73. The molecule has 2 rings (SSSR count). The van der Waals surface area contributed by atoms with Gasteiger partial charge in [-0.3, -0.25) is 10.1 Å². The summed E-state index contributed by atoms with van der Waals surface area (Å²) in [5.74, 6) is -0.976. The van der Waals surface area contributed by atoms with Crippen molar-refractivity contribution in [2.45, 2.75) is 26.4 Å². The van der Waals surface area contributed by atoms with Crippen LogP contribution in [0.1, 0.15) is 41.0 Å². The predicted molar refractivity (Wildman–Crippen MR) is 119 cm³/mol. The van der Waals surface area contributed by atoms with E-state index in [9.17, 15) is 14.7 Å². The second-order valence-electron chi connectivity index (χ2n) is 5.89. The van der Waals surface area contributed by atoms with Crippen LogP contribution >= 0.6 is 44.1 Å². The minimum atomic E-state index is -1.13. The molecule has 0 radical (unpaired) electrons. The van der Waals surface area contributed by atoms with Gasteiger partial charge >= 0.3 is 5.97 Å². The van der Waals surface area contributed by atoms with Crippen molar-refractivity contribution in [3.63, 3.8) is 0 Å². The Morgan fingerprint density at radius 3 is 2.61 bits per heavy atom. The molecule has 0 unspecified atom stereocenters. The summed E-state index contributed by atoms with van der Waals surface area (Å²) >= 11 is 11.7. The van der Waals surface area contributed by atoms with Crippen LogP contribution in [0.15, 0.2) is 45.3 Å². The molecular formula is C19H18Br2N2O4S. The van der Waals surface area contributed by atoms with Crippen molar-refractivity contribution in [2.75, 3.05) is 5.32 Å². The number of halogens is 2. The lowest BCUT2D eigenvalue weighted by atomic mass is 10.2. The average molecular weight is 530 g/mol. The number of rotatable bonds is 6. The SMILES string of the molecule is CC[C@@H](C)Oc1cccc(C(=O)NC(=S)Nc2c(Br)cc(Br)cc2C(=O)O)c1. The number of aromatic carboxylic acids is 1. The number of anilines is 1. The normalized spacial score (nSPS) is 11.4. The van der Waals surface area contributed by atoms with Crippen LogP contribution in [0.4, 0.5) is 5.69 Å². The number of carbonyl (C=O) groups excluding carboxylic acids is 1. The van der Waals surface area contributed by atoms with E-state index in [1.807, 2.05) is 13.8 Å². The molecular weight excluding hydrogens is 512 g/mol. The first kappa shape index (κ1) is 22.3. The van der Waals surface area contributed by atoms with Crippen LogP contribution < -0.4 is 15.4 Å². The molecule has 0 aliphatic carbocycles. The summed E-state index contributed by atoms with van der Waals surface area (Å²) < 4.78 is 6.80. The van der Waals surface area contributed by atoms with Crippen LogP contribution in [-0.4, -0.2) is 28.2 Å². The molecule has 0 heterocycles. The van der Waals surface area contributed by atoms with E-state index in [4.69, 9.17) is 17.0 Å². The Morgan fingerprint density at radius 2 is 1.96 bits per heavy atom. The number of ether oxygens (including phenoxy) is 1. The average Bonchev–Trinajstić information content (AvgIpc) is 2.63. The van der Waals surface area contributed by atoms with Crippen molar-refractivity contribution in [1.29, 1.82) is 0 Å². The van der Waals surface area contributed by atoms with E-state index in [0.717, 1.165) is 6.42 Å². The smallest absolute Gasteiger partial charge is 0.337 e. The Balaban J connectivity index is 2.13. The van der Waals surface area contributed by atoms with Gasteiger partial charge in [0.15, 0.2) is 5.11 Å². The van der Waals surface area contributed by atoms with Crippen LogP contribution in [0, 0.1) is 0 Å². The van der Waals surface area contributed by atoms with Gasteiger partial charge in [0.2, 0.25) is 0 Å². The molecule has 0 saturated carbocycles. The lowest BCUT2D eigenvalue weighted by Gasteiger charge is -2.15. The highest BCUT2D eigenvalue weighted by Crippen LogP contribution is 2.31. The number of carbonyl (C=O) groups is 2. The Labute approximate surface area is 184 Å². The van der Waals surface area contributed by atoms with Crippen molar-refractivity contribution in [2.24, 2.45) is 0 Å². The summed E-state index contributed by atoms with van der Waals surface area (Å²) in [7, 11) is 0. The largest absolute Gasteiger partial charge is 0.491 e. The molecule has 6 nitrogen and oxygen atoms in total. The molecule has 0 fully saturated rings. The number of carboxylic acids is 1. The van der Waals surface area contributed by atoms with Crippen LogP contribution in [-0.2, 0) is 0 Å². The second-order valence-corrected chi connectivity index (χ2v) is 8.07. The molecule has 2 aromatic carbocycles. The lowest BCUT2D eigenvalue weighted by molar-refractivity contribution is 0.0697. The van der Waals surface area contributed by atoms with E-state index in [1.54, 1.807) is 30.3 Å². The van der Waals surface area contributed by atoms with Gasteiger partial charge in [-0.15, -0.1) is 0 Å². The molecule has 0 bridgehead atoms. The molecule has 0 saturated heterocycles. The first-order valence-corrected chi connectivity index (χ1v) is 10.3. The summed E-state index contributed by atoms with van der Waals surface area (Å²) in [5, 5.41) is 14.7. The molecule has 0 spiro atoms. The fraction of sp³-hybridized carbons (Fsp3) is 0.211. The maximum Gasteiger partial charge on any atom is 0.337 e. The molecule has 0 aromatic heterocycles. The lowest BCUT2D eigenvalue weighted by Crippen LogP contribution is -2.34. The molecule has 1 amide bonds. The zero-order chi connectivity index (χ0) is 20.8. The highest BCUT2D eigenvalue weighted by Gasteiger charge is 2.17. The van der Waals surface area contributed by atoms with Gasteiger partial charge in [0.05, 0.1) is 17.4 Å². The molecule has 0 aliphatic heterocycles. The first-order chi connectivity index (χ1) is 13.2. The molecule has 2 aromatic rings. The van der Waals surface area contributed by atoms with E-state index in [2.05, 4.69) is 42.5 Å². The van der Waals surface area contributed by atoms with Crippen LogP contribution in [0.5, 0.6) is 5.75 Å². The number of thiocarbonyl (C=S) groups is 1. The topological polar surface area (TPSA) is 87.7 Å². The Bertz CT molecular complexity index is 921. The van der Waals surface area contributed by atoms with Crippen molar-refractivity contribution in [3.8, 4) is 5.75 Å². The minimum absolute atomic E-state index is 0.00167. The Kier molecular flexibility index (Phi) is 7.97. The van der Waals surface area contributed by atoms with Gasteiger partial charge in [-0.05, 0) is 71.8 Å².